The molecule has 0 atom stereocenters. The van der Waals surface area contributed by atoms with E-state index in [1.54, 1.807) is 4.68 Å². The topological polar surface area (TPSA) is 85.1 Å². The molecule has 1 amide bonds. The van der Waals surface area contributed by atoms with Crippen LogP contribution in [0.15, 0.2) is 46.7 Å². The van der Waals surface area contributed by atoms with E-state index in [0.717, 1.165) is 17.1 Å². The molecule has 0 saturated carbocycles. The quantitative estimate of drug-likeness (QED) is 0.289. The van der Waals surface area contributed by atoms with Gasteiger partial charge in [-0.2, -0.15) is 10.2 Å². The Morgan fingerprint density at radius 3 is 2.57 bits per heavy atom. The molecule has 144 valence electrons. The van der Waals surface area contributed by atoms with Crippen LogP contribution < -0.4 is 5.43 Å². The number of nitrogens with zero attached hydrogens (tertiary/aromatic N) is 5. The van der Waals surface area contributed by atoms with Crippen LogP contribution in [0.3, 0.4) is 0 Å². The molecule has 3 aromatic rings. The predicted octanol–water partition coefficient (Wildman–Crippen LogP) is 3.48. The summed E-state index contributed by atoms with van der Waals surface area (Å²) in [5, 5.41) is 9.43. The van der Waals surface area contributed by atoms with E-state index >= 15 is 0 Å². The number of hydrogen-bond donors (Lipinski definition) is 1. The third-order valence-corrected chi connectivity index (χ3v) is 4.94. The van der Waals surface area contributed by atoms with Crippen molar-refractivity contribution in [3.8, 4) is 5.69 Å². The number of thioether (sulfide) groups is 1. The third-order valence-electron chi connectivity index (χ3n) is 3.73. The summed E-state index contributed by atoms with van der Waals surface area (Å²) >= 11 is 7.69. The summed E-state index contributed by atoms with van der Waals surface area (Å²) in [5.41, 5.74) is 6.44. The number of aryl methyl sites for hydroxylation is 3. The molecule has 0 aliphatic rings. The van der Waals surface area contributed by atoms with Crippen LogP contribution in [0.4, 0.5) is 0 Å². The Hall–Kier alpha value is -2.71. The Morgan fingerprint density at radius 1 is 1.21 bits per heavy atom. The molecular weight excluding hydrogens is 396 g/mol. The second-order valence-electron chi connectivity index (χ2n) is 6.05. The minimum Gasteiger partial charge on any atom is -0.272 e. The zero-order chi connectivity index (χ0) is 20.1. The summed E-state index contributed by atoms with van der Waals surface area (Å²) in [7, 11) is 0. The van der Waals surface area contributed by atoms with Crippen LogP contribution in [0.25, 0.3) is 5.69 Å². The van der Waals surface area contributed by atoms with Gasteiger partial charge in [0.2, 0.25) is 0 Å². The lowest BCUT2D eigenvalue weighted by Crippen LogP contribution is -2.20. The van der Waals surface area contributed by atoms with Gasteiger partial charge < -0.3 is 0 Å². The highest BCUT2D eigenvalue weighted by Crippen LogP contribution is 2.21. The minimum absolute atomic E-state index is 0.163. The lowest BCUT2D eigenvalue weighted by Gasteiger charge is -2.02. The van der Waals surface area contributed by atoms with Gasteiger partial charge in [-0.05, 0) is 39.0 Å². The molecule has 0 bridgehead atoms. The molecule has 7 nitrogen and oxygen atoms in total. The maximum absolute atomic E-state index is 12.0. The molecule has 1 aromatic carbocycles. The number of hydrazone groups is 1. The van der Waals surface area contributed by atoms with E-state index < -0.39 is 0 Å². The van der Waals surface area contributed by atoms with Gasteiger partial charge >= 0.3 is 0 Å². The number of benzene rings is 1. The highest BCUT2D eigenvalue weighted by atomic mass is 35.5. The molecule has 0 fully saturated rings. The number of amides is 1. The molecule has 9 heteroatoms. The van der Waals surface area contributed by atoms with Crippen LogP contribution in [0.1, 0.15) is 22.6 Å². The summed E-state index contributed by atoms with van der Waals surface area (Å²) < 4.78 is 1.63. The van der Waals surface area contributed by atoms with E-state index in [1.807, 2.05) is 57.2 Å². The third kappa shape index (κ3) is 4.96. The van der Waals surface area contributed by atoms with Crippen molar-refractivity contribution in [3.63, 3.8) is 0 Å². The van der Waals surface area contributed by atoms with Crippen molar-refractivity contribution in [2.24, 2.45) is 5.10 Å². The number of carbonyl (C=O) groups is 1. The van der Waals surface area contributed by atoms with Crippen molar-refractivity contribution in [2.45, 2.75) is 25.9 Å². The Kier molecular flexibility index (Phi) is 6.43. The number of nitrogens with one attached hydrogen (secondary N) is 1. The average Bonchev–Trinajstić information content (AvgIpc) is 2.94. The molecular formula is C19H19ClN6OS. The fourth-order valence-electron chi connectivity index (χ4n) is 2.49. The van der Waals surface area contributed by atoms with E-state index in [4.69, 9.17) is 11.6 Å². The van der Waals surface area contributed by atoms with E-state index in [2.05, 4.69) is 25.6 Å². The van der Waals surface area contributed by atoms with E-state index in [1.165, 1.54) is 18.0 Å². The van der Waals surface area contributed by atoms with E-state index in [9.17, 15) is 4.79 Å². The molecule has 0 unspecified atom stereocenters. The van der Waals surface area contributed by atoms with Crippen LogP contribution in [0.2, 0.25) is 5.15 Å². The van der Waals surface area contributed by atoms with E-state index in [0.29, 0.717) is 21.6 Å². The summed E-state index contributed by atoms with van der Waals surface area (Å²) in [6.07, 6.45) is 1.50. The second-order valence-corrected chi connectivity index (χ2v) is 7.35. The Labute approximate surface area is 172 Å². The monoisotopic (exact) mass is 414 g/mol. The van der Waals surface area contributed by atoms with Crippen molar-refractivity contribution in [1.29, 1.82) is 0 Å². The fourth-order valence-corrected chi connectivity index (χ4v) is 3.55. The first-order valence-corrected chi connectivity index (χ1v) is 9.88. The van der Waals surface area contributed by atoms with Crippen LogP contribution in [-0.2, 0) is 4.79 Å². The number of para-hydroxylation sites is 1. The zero-order valence-corrected chi connectivity index (χ0v) is 17.3. The first-order valence-electron chi connectivity index (χ1n) is 8.51. The van der Waals surface area contributed by atoms with Crippen molar-refractivity contribution in [2.75, 3.05) is 5.75 Å². The van der Waals surface area contributed by atoms with Gasteiger partial charge in [0.25, 0.3) is 5.91 Å². The maximum Gasteiger partial charge on any atom is 0.250 e. The highest BCUT2D eigenvalue weighted by Gasteiger charge is 2.13. The molecule has 28 heavy (non-hydrogen) atoms. The number of rotatable bonds is 6. The van der Waals surface area contributed by atoms with Gasteiger partial charge in [0.05, 0.1) is 28.9 Å². The lowest BCUT2D eigenvalue weighted by molar-refractivity contribution is -0.118. The molecule has 0 saturated heterocycles. The van der Waals surface area contributed by atoms with Gasteiger partial charge in [-0.25, -0.2) is 20.1 Å². The Balaban J connectivity index is 1.61. The smallest absolute Gasteiger partial charge is 0.250 e. The van der Waals surface area contributed by atoms with Gasteiger partial charge in [0.15, 0.2) is 5.16 Å². The normalized spacial score (nSPS) is 11.1. The molecule has 0 aliphatic heterocycles. The van der Waals surface area contributed by atoms with Crippen LogP contribution >= 0.6 is 23.4 Å². The van der Waals surface area contributed by atoms with Gasteiger partial charge in [-0.3, -0.25) is 4.79 Å². The SMILES string of the molecule is Cc1cc(C)nc(SCC(=O)N/N=C/c2c(C)nn(-c3ccccc3)c2Cl)n1. The summed E-state index contributed by atoms with van der Waals surface area (Å²) in [4.78, 5) is 20.6. The van der Waals surface area contributed by atoms with Crippen molar-refractivity contribution >= 4 is 35.5 Å². The standard InChI is InChI=1S/C19H19ClN6OS/c1-12-9-13(2)23-19(22-12)28-11-17(27)24-21-10-16-14(3)25-26(18(16)20)15-7-5-4-6-8-15/h4-10H,11H2,1-3H3,(H,24,27)/b21-10+. The molecule has 2 aromatic heterocycles. The Morgan fingerprint density at radius 2 is 1.89 bits per heavy atom. The number of hydrogen-bond acceptors (Lipinski definition) is 6. The highest BCUT2D eigenvalue weighted by molar-refractivity contribution is 7.99. The number of halogens is 1. The van der Waals surface area contributed by atoms with Gasteiger partial charge in [0.1, 0.15) is 5.15 Å². The Bertz CT molecular complexity index is 999. The maximum atomic E-state index is 12.0. The molecule has 0 aliphatic carbocycles. The molecule has 1 N–H and O–H groups in total. The second kappa shape index (κ2) is 8.99. The zero-order valence-electron chi connectivity index (χ0n) is 15.7. The van der Waals surface area contributed by atoms with Crippen molar-refractivity contribution in [3.05, 3.63) is 64.2 Å². The molecule has 0 radical (unpaired) electrons. The summed E-state index contributed by atoms with van der Waals surface area (Å²) in [6, 6.07) is 11.4. The first kappa shape index (κ1) is 20.0. The molecule has 0 spiro atoms. The van der Waals surface area contributed by atoms with Gasteiger partial charge in [-0.15, -0.1) is 0 Å². The summed E-state index contributed by atoms with van der Waals surface area (Å²) in [6.45, 7) is 5.62. The van der Waals surface area contributed by atoms with Crippen molar-refractivity contribution in [1.82, 2.24) is 25.2 Å². The largest absolute Gasteiger partial charge is 0.272 e. The van der Waals surface area contributed by atoms with Crippen LogP contribution in [0.5, 0.6) is 0 Å². The van der Waals surface area contributed by atoms with Crippen LogP contribution in [-0.4, -0.2) is 37.6 Å². The summed E-state index contributed by atoms with van der Waals surface area (Å²) in [5.74, 6) is -0.0933. The molecule has 2 heterocycles. The lowest BCUT2D eigenvalue weighted by atomic mass is 10.3. The number of aromatic nitrogens is 4. The first-order chi connectivity index (χ1) is 13.4. The minimum atomic E-state index is -0.256. The molecule has 3 rings (SSSR count). The van der Waals surface area contributed by atoms with Gasteiger partial charge in [-0.1, -0.05) is 41.6 Å². The van der Waals surface area contributed by atoms with E-state index in [-0.39, 0.29) is 11.7 Å². The fraction of sp³-hybridized carbons (Fsp3) is 0.211. The van der Waals surface area contributed by atoms with Crippen LogP contribution in [0, 0.1) is 20.8 Å². The predicted molar refractivity (Wildman–Crippen MR) is 111 cm³/mol. The average molecular weight is 415 g/mol. The van der Waals surface area contributed by atoms with Crippen molar-refractivity contribution < 1.29 is 4.79 Å². The van der Waals surface area contributed by atoms with Gasteiger partial charge in [0, 0.05) is 11.4 Å². The number of carbonyl (C=O) groups excluding carboxylic acids is 1.